The summed E-state index contributed by atoms with van der Waals surface area (Å²) in [5.41, 5.74) is -0.667. The van der Waals surface area contributed by atoms with E-state index in [0.717, 1.165) is 17.5 Å². The average molecular weight is 799 g/mol. The van der Waals surface area contributed by atoms with Crippen molar-refractivity contribution in [3.63, 3.8) is 0 Å². The largest absolute Gasteiger partial charge is 0.457 e. The van der Waals surface area contributed by atoms with Crippen LogP contribution in [0.4, 0.5) is 4.79 Å². The molecule has 5 rings (SSSR count). The molecular formula is C43H66N4O10. The molecule has 57 heavy (non-hydrogen) atoms. The second-order valence-electron chi connectivity index (χ2n) is 17.1. The Hall–Kier alpha value is -3.43. The summed E-state index contributed by atoms with van der Waals surface area (Å²) in [6.07, 6.45) is -0.501. The molecule has 3 saturated heterocycles. The molecule has 318 valence electrons. The summed E-state index contributed by atoms with van der Waals surface area (Å²) in [5, 5.41) is 11.5. The van der Waals surface area contributed by atoms with Gasteiger partial charge in [0.2, 0.25) is 0 Å². The SMILES string of the molecule is CC[C@H]1OC(=O)[C@H](C)C(=O)[C@H](C)[C@@H](OC2O[C@H](C)C[C@H](N(C)C)[C@H]2O)[C@@](C)(OC)C[C@@H](C)C(=O)[C@H](C)[C@H]2N(CCCCn3cnc4ccccc43)C(=O)O[C@]12CC. The van der Waals surface area contributed by atoms with E-state index in [9.17, 15) is 24.3 Å². The fraction of sp³-hybridized carbons (Fsp3) is 0.744. The summed E-state index contributed by atoms with van der Waals surface area (Å²) in [7, 11) is 5.26. The van der Waals surface area contributed by atoms with Gasteiger partial charge >= 0.3 is 12.1 Å². The van der Waals surface area contributed by atoms with Crippen LogP contribution in [-0.4, -0.2) is 130 Å². The predicted octanol–water partition coefficient (Wildman–Crippen LogP) is 5.41. The number of imidazole rings is 1. The zero-order valence-electron chi connectivity index (χ0n) is 35.8. The molecule has 0 radical (unpaired) electrons. The van der Waals surface area contributed by atoms with E-state index in [0.29, 0.717) is 25.9 Å². The highest BCUT2D eigenvalue weighted by atomic mass is 16.7. The fourth-order valence-electron chi connectivity index (χ4n) is 9.75. The van der Waals surface area contributed by atoms with Crippen molar-refractivity contribution in [3.05, 3.63) is 30.6 Å². The Bertz CT molecular complexity index is 1730. The first-order valence-electron chi connectivity index (χ1n) is 20.8. The van der Waals surface area contributed by atoms with Crippen LogP contribution < -0.4 is 0 Å². The van der Waals surface area contributed by atoms with Crippen LogP contribution in [0.25, 0.3) is 11.0 Å². The van der Waals surface area contributed by atoms with Gasteiger partial charge in [-0.3, -0.25) is 14.4 Å². The zero-order valence-corrected chi connectivity index (χ0v) is 35.8. The molecule has 4 heterocycles. The highest BCUT2D eigenvalue weighted by molar-refractivity contribution is 6.00. The lowest BCUT2D eigenvalue weighted by molar-refractivity contribution is -0.295. The Kier molecular flexibility index (Phi) is 14.3. The number of amides is 1. The number of hydrogen-bond donors (Lipinski definition) is 1. The molecule has 14 heteroatoms. The third-order valence-corrected chi connectivity index (χ3v) is 13.1. The van der Waals surface area contributed by atoms with Crippen LogP contribution >= 0.6 is 0 Å². The first-order valence-corrected chi connectivity index (χ1v) is 20.8. The number of aliphatic hydroxyl groups excluding tert-OH is 1. The normalized spacial score (nSPS) is 37.3. The number of fused-ring (bicyclic) bond motifs is 2. The van der Waals surface area contributed by atoms with Crippen molar-refractivity contribution in [1.29, 1.82) is 0 Å². The first kappa shape index (κ1) is 44.7. The lowest BCUT2D eigenvalue weighted by Gasteiger charge is -2.47. The number of Topliss-reactive ketones (excluding diaryl/α,β-unsaturated/α-hetero) is 2. The molecule has 2 aromatic rings. The molecular weight excluding hydrogens is 732 g/mol. The van der Waals surface area contributed by atoms with E-state index in [-0.39, 0.29) is 37.2 Å². The van der Waals surface area contributed by atoms with Gasteiger partial charge in [0.1, 0.15) is 23.9 Å². The monoisotopic (exact) mass is 798 g/mol. The first-order chi connectivity index (χ1) is 26.9. The van der Waals surface area contributed by atoms with E-state index in [2.05, 4.69) is 9.55 Å². The number of esters is 1. The molecule has 0 bridgehead atoms. The minimum Gasteiger partial charge on any atom is -0.457 e. The second-order valence-corrected chi connectivity index (χ2v) is 17.1. The summed E-state index contributed by atoms with van der Waals surface area (Å²) in [5.74, 6) is -4.87. The number of carbonyl (C=O) groups excluding carboxylic acids is 4. The number of unbranched alkanes of at least 4 members (excludes halogenated alkanes) is 1. The van der Waals surface area contributed by atoms with Crippen molar-refractivity contribution in [2.45, 2.75) is 154 Å². The second kappa shape index (κ2) is 18.2. The van der Waals surface area contributed by atoms with E-state index < -0.39 is 83.4 Å². The van der Waals surface area contributed by atoms with Crippen LogP contribution in [0.1, 0.15) is 93.9 Å². The van der Waals surface area contributed by atoms with Crippen LogP contribution in [0, 0.1) is 23.7 Å². The van der Waals surface area contributed by atoms with E-state index >= 15 is 0 Å². The van der Waals surface area contributed by atoms with Gasteiger partial charge in [-0.05, 0) is 85.5 Å². The quantitative estimate of drug-likeness (QED) is 0.175. The maximum atomic E-state index is 14.8. The summed E-state index contributed by atoms with van der Waals surface area (Å²) in [6.45, 7) is 15.2. The lowest BCUT2D eigenvalue weighted by atomic mass is 9.72. The van der Waals surface area contributed by atoms with E-state index in [1.165, 1.54) is 14.0 Å². The Morgan fingerprint density at radius 2 is 1.67 bits per heavy atom. The van der Waals surface area contributed by atoms with Gasteiger partial charge in [-0.1, -0.05) is 46.8 Å². The fourth-order valence-corrected chi connectivity index (χ4v) is 9.75. The summed E-state index contributed by atoms with van der Waals surface area (Å²) < 4.78 is 33.6. The minimum atomic E-state index is -1.35. The van der Waals surface area contributed by atoms with Gasteiger partial charge < -0.3 is 43.2 Å². The summed E-state index contributed by atoms with van der Waals surface area (Å²) in [6, 6.07) is 6.88. The van der Waals surface area contributed by atoms with E-state index in [1.54, 1.807) is 18.7 Å². The molecule has 1 aromatic carbocycles. The molecule has 3 fully saturated rings. The Labute approximate surface area is 337 Å². The standard InChI is InChI=1S/C43H66N4O10/c1-12-33-43(13-2)37(47(41(52)57-43)21-17-16-20-46-24-44-30-18-14-15-19-31(30)46)27(5)34(48)25(3)23-42(8,53-11)38(28(6)35(49)29(7)39(51)55-33)56-40-36(50)32(45(9)10)22-26(4)54-40/h14-15,18-19,24-29,32-33,36-38,40,50H,12-13,16-17,20-23H2,1-11H3/t25-,26-,27+,28+,29-,32+,33-,36-,37-,38-,40?,42+,43-/m1/s1. The van der Waals surface area contributed by atoms with Gasteiger partial charge in [-0.25, -0.2) is 9.78 Å². The van der Waals surface area contributed by atoms with E-state index in [1.807, 2.05) is 84.2 Å². The smallest absolute Gasteiger partial charge is 0.410 e. The molecule has 14 nitrogen and oxygen atoms in total. The number of nitrogens with zero attached hydrogens (tertiary/aromatic N) is 4. The predicted molar refractivity (Wildman–Crippen MR) is 213 cm³/mol. The number of likely N-dealkylation sites (N-methyl/N-ethyl adjacent to an activating group) is 1. The number of aliphatic hydroxyl groups is 1. The molecule has 1 amide bonds. The zero-order chi connectivity index (χ0) is 42.0. The maximum absolute atomic E-state index is 14.8. The average Bonchev–Trinajstić information content (AvgIpc) is 3.74. The van der Waals surface area contributed by atoms with Crippen molar-refractivity contribution < 1.29 is 48.0 Å². The Morgan fingerprint density at radius 1 is 0.982 bits per heavy atom. The number of benzene rings is 1. The highest BCUT2D eigenvalue weighted by Gasteiger charge is 2.62. The molecule has 1 unspecified atom stereocenters. The number of aryl methyl sites for hydroxylation is 1. The molecule has 13 atom stereocenters. The molecule has 0 spiro atoms. The van der Waals surface area contributed by atoms with Crippen LogP contribution in [0.5, 0.6) is 0 Å². The topological polar surface area (TPSA) is 159 Å². The number of ketones is 2. The molecule has 0 saturated carbocycles. The Balaban J connectivity index is 1.49. The lowest BCUT2D eigenvalue weighted by Crippen LogP contribution is -2.61. The minimum absolute atomic E-state index is 0.131. The summed E-state index contributed by atoms with van der Waals surface area (Å²) in [4.78, 5) is 65.3. The van der Waals surface area contributed by atoms with E-state index in [4.69, 9.17) is 23.7 Å². The maximum Gasteiger partial charge on any atom is 0.410 e. The molecule has 1 aromatic heterocycles. The van der Waals surface area contributed by atoms with Gasteiger partial charge in [0.25, 0.3) is 0 Å². The summed E-state index contributed by atoms with van der Waals surface area (Å²) >= 11 is 0. The van der Waals surface area contributed by atoms with Crippen LogP contribution in [-0.2, 0) is 44.6 Å². The number of ether oxygens (including phenoxy) is 5. The van der Waals surface area contributed by atoms with Crippen molar-refractivity contribution >= 4 is 34.7 Å². The number of para-hydroxylation sites is 2. The van der Waals surface area contributed by atoms with Crippen molar-refractivity contribution in [2.24, 2.45) is 23.7 Å². The van der Waals surface area contributed by atoms with Crippen molar-refractivity contribution in [3.8, 4) is 0 Å². The molecule has 1 N–H and O–H groups in total. The van der Waals surface area contributed by atoms with Gasteiger partial charge in [0, 0.05) is 44.0 Å². The third kappa shape index (κ3) is 8.80. The third-order valence-electron chi connectivity index (χ3n) is 13.1. The Morgan fingerprint density at radius 3 is 2.32 bits per heavy atom. The number of carbonyl (C=O) groups is 4. The molecule has 0 aliphatic carbocycles. The van der Waals surface area contributed by atoms with Crippen molar-refractivity contribution in [1.82, 2.24) is 19.4 Å². The molecule has 3 aliphatic heterocycles. The number of methoxy groups -OCH3 is 1. The highest BCUT2D eigenvalue weighted by Crippen LogP contribution is 2.45. The van der Waals surface area contributed by atoms with Gasteiger partial charge in [0.15, 0.2) is 17.7 Å². The van der Waals surface area contributed by atoms with Crippen LogP contribution in [0.15, 0.2) is 30.6 Å². The number of rotatable bonds is 11. The van der Waals surface area contributed by atoms with Crippen molar-refractivity contribution in [2.75, 3.05) is 27.7 Å². The van der Waals surface area contributed by atoms with Gasteiger partial charge in [0.05, 0.1) is 41.2 Å². The number of aromatic nitrogens is 2. The number of cyclic esters (lactones) is 1. The molecule has 3 aliphatic rings. The van der Waals surface area contributed by atoms with Gasteiger partial charge in [-0.2, -0.15) is 0 Å². The van der Waals surface area contributed by atoms with Gasteiger partial charge in [-0.15, -0.1) is 0 Å². The van der Waals surface area contributed by atoms with Crippen LogP contribution in [0.3, 0.4) is 0 Å². The number of hydrogen-bond acceptors (Lipinski definition) is 12. The van der Waals surface area contributed by atoms with Crippen LogP contribution in [0.2, 0.25) is 0 Å².